The fraction of sp³-hybridized carbons (Fsp3) is 0.182. The van der Waals surface area contributed by atoms with Crippen LogP contribution in [0.25, 0.3) is 10.8 Å². The molecule has 0 saturated carbocycles. The number of aromatic amines is 1. The molecular weight excluding hydrogens is 222 g/mol. The van der Waals surface area contributed by atoms with Gasteiger partial charge in [0.25, 0.3) is 5.56 Å². The predicted octanol–water partition coefficient (Wildman–Crippen LogP) is -0.159. The van der Waals surface area contributed by atoms with E-state index in [0.717, 1.165) is 0 Å². The van der Waals surface area contributed by atoms with E-state index in [9.17, 15) is 15.0 Å². The number of nitrogens with zero attached hydrogens (tertiary/aromatic N) is 2. The molecule has 1 heterocycles. The van der Waals surface area contributed by atoms with Crippen molar-refractivity contribution < 1.29 is 10.2 Å². The van der Waals surface area contributed by atoms with E-state index in [1.165, 1.54) is 24.4 Å². The number of aromatic nitrogens is 2. The number of aliphatic hydroxyl groups excluding tert-OH is 2. The maximum Gasteiger partial charge on any atom is 0.272 e. The molecule has 0 bridgehead atoms. The summed E-state index contributed by atoms with van der Waals surface area (Å²) >= 11 is 0. The van der Waals surface area contributed by atoms with E-state index >= 15 is 0 Å². The highest BCUT2D eigenvalue weighted by molar-refractivity contribution is 5.81. The smallest absolute Gasteiger partial charge is 0.272 e. The zero-order valence-electron chi connectivity index (χ0n) is 8.66. The molecular formula is C11H9N3O3. The second kappa shape index (κ2) is 4.33. The molecule has 0 radical (unpaired) electrons. The van der Waals surface area contributed by atoms with Crippen LogP contribution >= 0.6 is 0 Å². The summed E-state index contributed by atoms with van der Waals surface area (Å²) in [7, 11) is 0. The lowest BCUT2D eigenvalue weighted by molar-refractivity contribution is 0.0529. The summed E-state index contributed by atoms with van der Waals surface area (Å²) in [6, 6.07) is 6.06. The number of nitrogens with one attached hydrogen (secondary N) is 1. The molecule has 86 valence electrons. The first-order valence-electron chi connectivity index (χ1n) is 4.86. The maximum atomic E-state index is 11.4. The molecule has 2 unspecified atom stereocenters. The average molecular weight is 231 g/mol. The molecule has 0 spiro atoms. The van der Waals surface area contributed by atoms with Crippen LogP contribution in [0, 0.1) is 11.3 Å². The molecule has 0 aliphatic rings. The average Bonchev–Trinajstić information content (AvgIpc) is 2.37. The highest BCUT2D eigenvalue weighted by atomic mass is 16.3. The van der Waals surface area contributed by atoms with Crippen molar-refractivity contribution >= 4 is 10.8 Å². The molecule has 0 fully saturated rings. The molecule has 2 aromatic rings. The number of nitriles is 1. The monoisotopic (exact) mass is 231 g/mol. The zero-order chi connectivity index (χ0) is 12.4. The van der Waals surface area contributed by atoms with E-state index < -0.39 is 12.2 Å². The van der Waals surface area contributed by atoms with Gasteiger partial charge in [-0.25, -0.2) is 5.10 Å². The van der Waals surface area contributed by atoms with Crippen LogP contribution in [-0.4, -0.2) is 26.5 Å². The SMILES string of the molecule is N#CC(O)C(O)c1ccc2c(=O)[nH]ncc2c1. The van der Waals surface area contributed by atoms with Gasteiger partial charge in [-0.05, 0) is 17.7 Å². The topological polar surface area (TPSA) is 110 Å². The Balaban J connectivity index is 2.53. The van der Waals surface area contributed by atoms with E-state index in [1.807, 2.05) is 0 Å². The summed E-state index contributed by atoms with van der Waals surface area (Å²) in [5.74, 6) is 0. The van der Waals surface area contributed by atoms with Crippen molar-refractivity contribution in [1.82, 2.24) is 10.2 Å². The fourth-order valence-corrected chi connectivity index (χ4v) is 1.55. The second-order valence-electron chi connectivity index (χ2n) is 3.56. The first-order valence-corrected chi connectivity index (χ1v) is 4.86. The van der Waals surface area contributed by atoms with Gasteiger partial charge in [0.2, 0.25) is 0 Å². The van der Waals surface area contributed by atoms with Gasteiger partial charge in [-0.15, -0.1) is 0 Å². The van der Waals surface area contributed by atoms with E-state index in [4.69, 9.17) is 5.26 Å². The van der Waals surface area contributed by atoms with Crippen molar-refractivity contribution in [3.8, 4) is 6.07 Å². The van der Waals surface area contributed by atoms with Crippen LogP contribution in [0.2, 0.25) is 0 Å². The Morgan fingerprint density at radius 2 is 2.18 bits per heavy atom. The Morgan fingerprint density at radius 3 is 2.88 bits per heavy atom. The third-order valence-corrected chi connectivity index (χ3v) is 2.46. The molecule has 1 aromatic heterocycles. The number of hydrogen-bond acceptors (Lipinski definition) is 5. The highest BCUT2D eigenvalue weighted by Gasteiger charge is 2.17. The Hall–Kier alpha value is -2.23. The van der Waals surface area contributed by atoms with Crippen LogP contribution in [0.15, 0.2) is 29.2 Å². The molecule has 0 amide bonds. The zero-order valence-corrected chi connectivity index (χ0v) is 8.66. The molecule has 0 aliphatic carbocycles. The quantitative estimate of drug-likeness (QED) is 0.622. The molecule has 3 N–H and O–H groups in total. The Morgan fingerprint density at radius 1 is 1.41 bits per heavy atom. The minimum Gasteiger partial charge on any atom is -0.385 e. The number of fused-ring (bicyclic) bond motifs is 1. The third-order valence-electron chi connectivity index (χ3n) is 2.46. The predicted molar refractivity (Wildman–Crippen MR) is 58.9 cm³/mol. The summed E-state index contributed by atoms with van der Waals surface area (Å²) in [5.41, 5.74) is 0.0309. The van der Waals surface area contributed by atoms with Crippen molar-refractivity contribution in [2.45, 2.75) is 12.2 Å². The minimum absolute atomic E-state index is 0.329. The van der Waals surface area contributed by atoms with Crippen molar-refractivity contribution in [3.05, 3.63) is 40.3 Å². The van der Waals surface area contributed by atoms with Gasteiger partial charge in [0, 0.05) is 5.39 Å². The fourth-order valence-electron chi connectivity index (χ4n) is 1.55. The lowest BCUT2D eigenvalue weighted by atomic mass is 10.0. The van der Waals surface area contributed by atoms with Gasteiger partial charge in [-0.1, -0.05) is 6.07 Å². The molecule has 0 saturated heterocycles. The summed E-state index contributed by atoms with van der Waals surface area (Å²) in [5, 5.41) is 34.2. The van der Waals surface area contributed by atoms with Crippen molar-refractivity contribution in [2.24, 2.45) is 0 Å². The molecule has 2 rings (SSSR count). The molecule has 2 atom stereocenters. The summed E-state index contributed by atoms with van der Waals surface area (Å²) < 4.78 is 0. The van der Waals surface area contributed by atoms with Crippen LogP contribution in [0.3, 0.4) is 0 Å². The van der Waals surface area contributed by atoms with Gasteiger partial charge in [0.15, 0.2) is 6.10 Å². The van der Waals surface area contributed by atoms with Crippen molar-refractivity contribution in [2.75, 3.05) is 0 Å². The third kappa shape index (κ3) is 2.01. The van der Waals surface area contributed by atoms with Gasteiger partial charge in [0.1, 0.15) is 6.10 Å². The van der Waals surface area contributed by atoms with Gasteiger partial charge < -0.3 is 10.2 Å². The Kier molecular flexibility index (Phi) is 2.87. The van der Waals surface area contributed by atoms with Gasteiger partial charge in [-0.3, -0.25) is 4.79 Å². The minimum atomic E-state index is -1.50. The van der Waals surface area contributed by atoms with E-state index in [-0.39, 0.29) is 5.56 Å². The Labute approximate surface area is 95.8 Å². The standard InChI is InChI=1S/C11H9N3O3/c12-4-9(15)10(16)6-1-2-8-7(3-6)5-13-14-11(8)17/h1-3,5,9-10,15-16H,(H,14,17). The molecule has 17 heavy (non-hydrogen) atoms. The maximum absolute atomic E-state index is 11.4. The molecule has 1 aromatic carbocycles. The van der Waals surface area contributed by atoms with Gasteiger partial charge in [0.05, 0.1) is 17.7 Å². The van der Waals surface area contributed by atoms with Gasteiger partial charge in [-0.2, -0.15) is 10.4 Å². The lowest BCUT2D eigenvalue weighted by Crippen LogP contribution is -2.16. The van der Waals surface area contributed by atoms with Crippen LogP contribution in [0.1, 0.15) is 11.7 Å². The van der Waals surface area contributed by atoms with E-state index in [1.54, 1.807) is 6.07 Å². The largest absolute Gasteiger partial charge is 0.385 e. The summed E-state index contributed by atoms with van der Waals surface area (Å²) in [4.78, 5) is 11.4. The summed E-state index contributed by atoms with van der Waals surface area (Å²) in [6.45, 7) is 0. The van der Waals surface area contributed by atoms with Crippen LogP contribution < -0.4 is 5.56 Å². The molecule has 6 nitrogen and oxygen atoms in total. The lowest BCUT2D eigenvalue weighted by Gasteiger charge is -2.12. The van der Waals surface area contributed by atoms with Crippen molar-refractivity contribution in [3.63, 3.8) is 0 Å². The molecule has 0 aliphatic heterocycles. The number of aliphatic hydroxyl groups is 2. The number of rotatable bonds is 2. The highest BCUT2D eigenvalue weighted by Crippen LogP contribution is 2.20. The summed E-state index contributed by atoms with van der Waals surface area (Å²) in [6.07, 6.45) is -1.36. The number of H-pyrrole nitrogens is 1. The molecule has 6 heteroatoms. The van der Waals surface area contributed by atoms with E-state index in [2.05, 4.69) is 10.2 Å². The normalized spacial score (nSPS) is 14.2. The van der Waals surface area contributed by atoms with Crippen LogP contribution in [0.5, 0.6) is 0 Å². The van der Waals surface area contributed by atoms with E-state index in [0.29, 0.717) is 16.3 Å². The number of hydrogen-bond donors (Lipinski definition) is 3. The van der Waals surface area contributed by atoms with Gasteiger partial charge >= 0.3 is 0 Å². The Bertz CT molecular complexity index is 644. The number of benzene rings is 1. The van der Waals surface area contributed by atoms with Crippen LogP contribution in [0.4, 0.5) is 0 Å². The van der Waals surface area contributed by atoms with Crippen molar-refractivity contribution in [1.29, 1.82) is 5.26 Å². The van der Waals surface area contributed by atoms with Crippen LogP contribution in [-0.2, 0) is 0 Å². The first kappa shape index (κ1) is 11.3. The second-order valence-corrected chi connectivity index (χ2v) is 3.56. The first-order chi connectivity index (χ1) is 8.13.